The number of nitrogens with zero attached hydrogens (tertiary/aromatic N) is 2. The summed E-state index contributed by atoms with van der Waals surface area (Å²) in [7, 11) is 0. The van der Waals surface area contributed by atoms with Gasteiger partial charge >= 0.3 is 5.97 Å². The number of thiophene rings is 1. The van der Waals surface area contributed by atoms with Gasteiger partial charge in [-0.3, -0.25) is 4.79 Å². The molecule has 0 amide bonds. The molecule has 0 saturated heterocycles. The van der Waals surface area contributed by atoms with Crippen LogP contribution < -0.4 is 0 Å². The normalized spacial score (nSPS) is 10.9. The van der Waals surface area contributed by atoms with Crippen LogP contribution in [0.4, 0.5) is 0 Å². The molecule has 3 heterocycles. The Morgan fingerprint density at radius 3 is 2.67 bits per heavy atom. The van der Waals surface area contributed by atoms with Crippen LogP contribution in [0.5, 0.6) is 0 Å². The lowest BCUT2D eigenvalue weighted by molar-refractivity contribution is -0.136. The first kappa shape index (κ1) is 14.4. The van der Waals surface area contributed by atoms with Gasteiger partial charge in [-0.2, -0.15) is 0 Å². The van der Waals surface area contributed by atoms with E-state index in [1.54, 1.807) is 22.7 Å². The van der Waals surface area contributed by atoms with E-state index in [2.05, 4.69) is 9.97 Å². The summed E-state index contributed by atoms with van der Waals surface area (Å²) in [6.07, 6.45) is 0.830. The second-order valence-electron chi connectivity index (χ2n) is 4.52. The van der Waals surface area contributed by atoms with Crippen LogP contribution in [0.1, 0.15) is 20.6 Å². The van der Waals surface area contributed by atoms with Gasteiger partial charge in [0.15, 0.2) is 0 Å². The molecule has 21 heavy (non-hydrogen) atoms. The maximum atomic E-state index is 10.7. The molecule has 0 fully saturated rings. The number of rotatable bonds is 5. The average molecular weight is 336 g/mol. The summed E-state index contributed by atoms with van der Waals surface area (Å²) in [5, 5.41) is 15.0. The first-order chi connectivity index (χ1) is 10.1. The third-order valence-electron chi connectivity index (χ3n) is 2.76. The van der Waals surface area contributed by atoms with E-state index in [4.69, 9.17) is 5.11 Å². The number of hydrogen-bond acceptors (Lipinski definition) is 6. The highest BCUT2D eigenvalue weighted by atomic mass is 32.1. The SMILES string of the molecule is Cc1csc(Cc2nc(-c3ccc(CC(=O)O)s3)cs2)n1. The molecule has 1 N–H and O–H groups in total. The molecule has 3 aromatic rings. The van der Waals surface area contributed by atoms with Crippen LogP contribution in [0.15, 0.2) is 22.9 Å². The van der Waals surface area contributed by atoms with Crippen molar-refractivity contribution in [3.63, 3.8) is 0 Å². The minimum absolute atomic E-state index is 0.0695. The number of carbonyl (C=O) groups is 1. The fraction of sp³-hybridized carbons (Fsp3) is 0.214. The molecular formula is C14H12N2O2S3. The Bertz CT molecular complexity index is 773. The summed E-state index contributed by atoms with van der Waals surface area (Å²) in [6, 6.07) is 3.80. The van der Waals surface area contributed by atoms with Gasteiger partial charge in [0.1, 0.15) is 5.01 Å². The van der Waals surface area contributed by atoms with Crippen molar-refractivity contribution in [2.24, 2.45) is 0 Å². The Kier molecular flexibility index (Phi) is 4.14. The van der Waals surface area contributed by atoms with Gasteiger partial charge < -0.3 is 5.11 Å². The lowest BCUT2D eigenvalue weighted by atomic mass is 10.3. The van der Waals surface area contributed by atoms with Crippen molar-refractivity contribution < 1.29 is 9.90 Å². The summed E-state index contributed by atoms with van der Waals surface area (Å²) < 4.78 is 0. The van der Waals surface area contributed by atoms with Crippen molar-refractivity contribution >= 4 is 40.0 Å². The molecule has 3 rings (SSSR count). The predicted molar refractivity (Wildman–Crippen MR) is 86.4 cm³/mol. The summed E-state index contributed by atoms with van der Waals surface area (Å²) >= 11 is 4.76. The zero-order valence-electron chi connectivity index (χ0n) is 11.2. The van der Waals surface area contributed by atoms with E-state index in [9.17, 15) is 4.79 Å². The number of aromatic nitrogens is 2. The summed E-state index contributed by atoms with van der Waals surface area (Å²) in [6.45, 7) is 1.99. The molecule has 0 saturated carbocycles. The molecule has 7 heteroatoms. The third-order valence-corrected chi connectivity index (χ3v) is 5.68. The van der Waals surface area contributed by atoms with E-state index in [0.717, 1.165) is 37.6 Å². The molecule has 0 radical (unpaired) electrons. The standard InChI is InChI=1S/C14H12N2O2S3/c1-8-6-19-12(15-8)5-13-16-10(7-20-13)11-3-2-9(21-11)4-14(17)18/h2-3,6-7H,4-5H2,1H3,(H,17,18). The Morgan fingerprint density at radius 1 is 1.19 bits per heavy atom. The Labute approximate surface area is 133 Å². The molecule has 0 aliphatic carbocycles. The summed E-state index contributed by atoms with van der Waals surface area (Å²) in [4.78, 5) is 21.7. The monoisotopic (exact) mass is 336 g/mol. The molecule has 4 nitrogen and oxygen atoms in total. The lowest BCUT2D eigenvalue weighted by Gasteiger charge is -1.91. The first-order valence-electron chi connectivity index (χ1n) is 6.26. The number of aryl methyl sites for hydroxylation is 1. The zero-order valence-corrected chi connectivity index (χ0v) is 13.6. The molecule has 0 aliphatic rings. The van der Waals surface area contributed by atoms with Crippen molar-refractivity contribution in [3.05, 3.63) is 43.5 Å². The van der Waals surface area contributed by atoms with E-state index < -0.39 is 5.97 Å². The Hall–Kier alpha value is -1.57. The van der Waals surface area contributed by atoms with Gasteiger partial charge in [-0.1, -0.05) is 0 Å². The molecule has 0 aromatic carbocycles. The van der Waals surface area contributed by atoms with Crippen LogP contribution in [-0.2, 0) is 17.6 Å². The van der Waals surface area contributed by atoms with Crippen LogP contribution in [-0.4, -0.2) is 21.0 Å². The lowest BCUT2D eigenvalue weighted by Crippen LogP contribution is -1.96. The first-order valence-corrected chi connectivity index (χ1v) is 8.84. The predicted octanol–water partition coefficient (Wildman–Crippen LogP) is 3.85. The topological polar surface area (TPSA) is 63.1 Å². The van der Waals surface area contributed by atoms with Gasteiger partial charge in [-0.15, -0.1) is 34.0 Å². The van der Waals surface area contributed by atoms with Gasteiger partial charge in [0.05, 0.1) is 28.4 Å². The molecule has 0 spiro atoms. The summed E-state index contributed by atoms with van der Waals surface area (Å²) in [5.41, 5.74) is 1.97. The minimum atomic E-state index is -0.804. The smallest absolute Gasteiger partial charge is 0.308 e. The number of carboxylic acids is 1. The molecule has 0 unspecified atom stereocenters. The molecule has 3 aromatic heterocycles. The van der Waals surface area contributed by atoms with Gasteiger partial charge in [-0.05, 0) is 19.1 Å². The second-order valence-corrected chi connectivity index (χ2v) is 7.58. The second kappa shape index (κ2) is 6.05. The zero-order chi connectivity index (χ0) is 14.8. The van der Waals surface area contributed by atoms with E-state index in [-0.39, 0.29) is 6.42 Å². The van der Waals surface area contributed by atoms with Crippen LogP contribution in [0.2, 0.25) is 0 Å². The van der Waals surface area contributed by atoms with Crippen LogP contribution in [0.3, 0.4) is 0 Å². The number of thiazole rings is 2. The minimum Gasteiger partial charge on any atom is -0.481 e. The van der Waals surface area contributed by atoms with E-state index in [1.165, 1.54) is 11.3 Å². The van der Waals surface area contributed by atoms with Crippen molar-refractivity contribution in [2.45, 2.75) is 19.8 Å². The van der Waals surface area contributed by atoms with Crippen molar-refractivity contribution in [1.29, 1.82) is 0 Å². The van der Waals surface area contributed by atoms with Crippen molar-refractivity contribution in [2.75, 3.05) is 0 Å². The quantitative estimate of drug-likeness (QED) is 0.768. The molecular weight excluding hydrogens is 324 g/mol. The largest absolute Gasteiger partial charge is 0.481 e. The number of hydrogen-bond donors (Lipinski definition) is 1. The van der Waals surface area contributed by atoms with E-state index in [0.29, 0.717) is 0 Å². The third kappa shape index (κ3) is 3.55. The number of aliphatic carboxylic acids is 1. The highest BCUT2D eigenvalue weighted by molar-refractivity contribution is 7.16. The van der Waals surface area contributed by atoms with E-state index >= 15 is 0 Å². The fourth-order valence-electron chi connectivity index (χ4n) is 1.88. The average Bonchev–Trinajstić information content (AvgIpc) is 3.11. The van der Waals surface area contributed by atoms with Gasteiger partial charge in [0, 0.05) is 21.3 Å². The van der Waals surface area contributed by atoms with Crippen molar-refractivity contribution in [3.8, 4) is 10.6 Å². The van der Waals surface area contributed by atoms with Gasteiger partial charge in [-0.25, -0.2) is 9.97 Å². The maximum absolute atomic E-state index is 10.7. The highest BCUT2D eigenvalue weighted by Gasteiger charge is 2.11. The molecule has 108 valence electrons. The Morgan fingerprint density at radius 2 is 1.95 bits per heavy atom. The maximum Gasteiger partial charge on any atom is 0.308 e. The molecule has 0 bridgehead atoms. The van der Waals surface area contributed by atoms with Crippen molar-refractivity contribution in [1.82, 2.24) is 9.97 Å². The Balaban J connectivity index is 1.75. The molecule has 0 atom stereocenters. The van der Waals surface area contributed by atoms with Crippen LogP contribution in [0, 0.1) is 6.92 Å². The summed E-state index contributed by atoms with van der Waals surface area (Å²) in [5.74, 6) is -0.804. The highest BCUT2D eigenvalue weighted by Crippen LogP contribution is 2.30. The fourth-order valence-corrected chi connectivity index (χ4v) is 4.58. The van der Waals surface area contributed by atoms with Crippen LogP contribution in [0.25, 0.3) is 10.6 Å². The van der Waals surface area contributed by atoms with Gasteiger partial charge in [0.2, 0.25) is 0 Å². The van der Waals surface area contributed by atoms with Gasteiger partial charge in [0.25, 0.3) is 0 Å². The van der Waals surface area contributed by atoms with E-state index in [1.807, 2.05) is 29.8 Å². The number of carboxylic acid groups (broad SMARTS) is 1. The molecule has 0 aliphatic heterocycles. The van der Waals surface area contributed by atoms with Crippen LogP contribution >= 0.6 is 34.0 Å².